The van der Waals surface area contributed by atoms with Gasteiger partial charge in [-0.05, 0) is 73.5 Å². The van der Waals surface area contributed by atoms with Crippen molar-refractivity contribution in [1.82, 2.24) is 4.31 Å². The van der Waals surface area contributed by atoms with Gasteiger partial charge in [-0.1, -0.05) is 12.1 Å². The van der Waals surface area contributed by atoms with Crippen molar-refractivity contribution < 1.29 is 22.7 Å². The maximum atomic E-state index is 12.9. The van der Waals surface area contributed by atoms with Gasteiger partial charge in [0.05, 0.1) is 23.6 Å². The van der Waals surface area contributed by atoms with Crippen molar-refractivity contribution in [2.75, 3.05) is 25.5 Å². The zero-order valence-corrected chi connectivity index (χ0v) is 20.0. The van der Waals surface area contributed by atoms with E-state index in [0.717, 1.165) is 0 Å². The molecule has 35 heavy (non-hydrogen) atoms. The van der Waals surface area contributed by atoms with Crippen LogP contribution >= 0.6 is 0 Å². The first-order valence-corrected chi connectivity index (χ1v) is 12.6. The molecule has 1 aliphatic rings. The SMILES string of the molecule is COc1ccccc1Oc1ccc(NC(=O)C2CCN(S(=O)(=O)c3ccc(C#N)cc3)CC2)cc1. The molecule has 0 bridgehead atoms. The third kappa shape index (κ3) is 5.62. The molecule has 1 fully saturated rings. The van der Waals surface area contributed by atoms with Gasteiger partial charge in [0.2, 0.25) is 15.9 Å². The van der Waals surface area contributed by atoms with Crippen molar-refractivity contribution in [1.29, 1.82) is 5.26 Å². The van der Waals surface area contributed by atoms with Gasteiger partial charge in [0, 0.05) is 24.7 Å². The van der Waals surface area contributed by atoms with E-state index in [1.807, 2.05) is 30.3 Å². The molecule has 0 atom stereocenters. The predicted octanol–water partition coefficient (Wildman–Crippen LogP) is 4.40. The lowest BCUT2D eigenvalue weighted by Crippen LogP contribution is -2.41. The Labute approximate surface area is 204 Å². The van der Waals surface area contributed by atoms with E-state index in [9.17, 15) is 13.2 Å². The number of para-hydroxylation sites is 2. The minimum atomic E-state index is -3.66. The molecule has 1 aliphatic heterocycles. The smallest absolute Gasteiger partial charge is 0.243 e. The highest BCUT2D eigenvalue weighted by Gasteiger charge is 2.32. The van der Waals surface area contributed by atoms with Gasteiger partial charge in [-0.2, -0.15) is 9.57 Å². The maximum Gasteiger partial charge on any atom is 0.243 e. The zero-order chi connectivity index (χ0) is 24.8. The molecule has 0 spiro atoms. The van der Waals surface area contributed by atoms with Gasteiger partial charge in [0.15, 0.2) is 11.5 Å². The van der Waals surface area contributed by atoms with E-state index in [-0.39, 0.29) is 29.8 Å². The maximum absolute atomic E-state index is 12.9. The largest absolute Gasteiger partial charge is 0.493 e. The average Bonchev–Trinajstić information content (AvgIpc) is 2.90. The van der Waals surface area contributed by atoms with Crippen molar-refractivity contribution >= 4 is 21.6 Å². The molecule has 1 heterocycles. The van der Waals surface area contributed by atoms with Crippen LogP contribution in [0.3, 0.4) is 0 Å². The van der Waals surface area contributed by atoms with Gasteiger partial charge in [0.25, 0.3) is 0 Å². The van der Waals surface area contributed by atoms with Crippen molar-refractivity contribution in [3.8, 4) is 23.3 Å². The molecule has 1 N–H and O–H groups in total. The number of methoxy groups -OCH3 is 1. The van der Waals surface area contributed by atoms with Crippen LogP contribution in [0.25, 0.3) is 0 Å². The van der Waals surface area contributed by atoms with Crippen LogP contribution in [0.2, 0.25) is 0 Å². The molecule has 9 heteroatoms. The molecule has 0 unspecified atom stereocenters. The van der Waals surface area contributed by atoms with Gasteiger partial charge in [0.1, 0.15) is 5.75 Å². The highest BCUT2D eigenvalue weighted by Crippen LogP contribution is 2.31. The summed E-state index contributed by atoms with van der Waals surface area (Å²) in [7, 11) is -2.08. The van der Waals surface area contributed by atoms with E-state index >= 15 is 0 Å². The molecule has 3 aromatic carbocycles. The Hall–Kier alpha value is -3.87. The summed E-state index contributed by atoms with van der Waals surface area (Å²) in [6.45, 7) is 0.512. The normalized spacial score (nSPS) is 14.6. The van der Waals surface area contributed by atoms with Crippen LogP contribution in [-0.4, -0.2) is 38.8 Å². The Morgan fingerprint density at radius 1 is 0.971 bits per heavy atom. The molecular formula is C26H25N3O5S. The molecule has 1 amide bonds. The van der Waals surface area contributed by atoms with E-state index in [2.05, 4.69) is 5.32 Å². The van der Waals surface area contributed by atoms with Crippen molar-refractivity contribution in [3.63, 3.8) is 0 Å². The Bertz CT molecular complexity index is 1320. The monoisotopic (exact) mass is 491 g/mol. The number of carbonyl (C=O) groups excluding carboxylic acids is 1. The summed E-state index contributed by atoms with van der Waals surface area (Å²) in [4.78, 5) is 12.9. The molecule has 8 nitrogen and oxygen atoms in total. The van der Waals surface area contributed by atoms with Crippen LogP contribution in [0, 0.1) is 17.2 Å². The molecule has 180 valence electrons. The first-order chi connectivity index (χ1) is 16.9. The number of ether oxygens (including phenoxy) is 2. The highest BCUT2D eigenvalue weighted by atomic mass is 32.2. The lowest BCUT2D eigenvalue weighted by Gasteiger charge is -2.30. The van der Waals surface area contributed by atoms with Crippen molar-refractivity contribution in [3.05, 3.63) is 78.4 Å². The molecule has 0 radical (unpaired) electrons. The summed E-state index contributed by atoms with van der Waals surface area (Å²) in [5.41, 5.74) is 1.04. The summed E-state index contributed by atoms with van der Waals surface area (Å²) in [5, 5.41) is 11.8. The van der Waals surface area contributed by atoms with Crippen molar-refractivity contribution in [2.45, 2.75) is 17.7 Å². The van der Waals surface area contributed by atoms with Crippen LogP contribution in [0.5, 0.6) is 17.2 Å². The number of rotatable bonds is 7. The third-order valence-corrected chi connectivity index (χ3v) is 7.78. The summed E-state index contributed by atoms with van der Waals surface area (Å²) < 4.78 is 38.3. The molecule has 0 aliphatic carbocycles. The number of amides is 1. The molecule has 1 saturated heterocycles. The van der Waals surface area contributed by atoms with Crippen LogP contribution in [-0.2, 0) is 14.8 Å². The standard InChI is InChI=1S/C26H25N3O5S/c1-33-24-4-2-3-5-25(24)34-22-10-8-21(9-11-22)28-26(30)20-14-16-29(17-15-20)35(31,32)23-12-6-19(18-27)7-13-23/h2-13,20H,14-17H2,1H3,(H,28,30). The second-order valence-corrected chi connectivity index (χ2v) is 10.0. The van der Waals surface area contributed by atoms with E-state index in [1.165, 1.54) is 28.6 Å². The van der Waals surface area contributed by atoms with Crippen LogP contribution < -0.4 is 14.8 Å². The average molecular weight is 492 g/mol. The Morgan fingerprint density at radius 3 is 2.20 bits per heavy atom. The van der Waals surface area contributed by atoms with E-state index in [4.69, 9.17) is 14.7 Å². The summed E-state index contributed by atoms with van der Waals surface area (Å²) in [5.74, 6) is 1.39. The quantitative estimate of drug-likeness (QED) is 0.525. The van der Waals surface area contributed by atoms with Crippen LogP contribution in [0.4, 0.5) is 5.69 Å². The first kappa shape index (κ1) is 24.3. The lowest BCUT2D eigenvalue weighted by molar-refractivity contribution is -0.120. The lowest BCUT2D eigenvalue weighted by atomic mass is 9.97. The minimum Gasteiger partial charge on any atom is -0.493 e. The van der Waals surface area contributed by atoms with Crippen molar-refractivity contribution in [2.24, 2.45) is 5.92 Å². The fraction of sp³-hybridized carbons (Fsp3) is 0.231. The summed E-state index contributed by atoms with van der Waals surface area (Å²) >= 11 is 0. The summed E-state index contributed by atoms with van der Waals surface area (Å²) in [6.07, 6.45) is 0.854. The number of nitriles is 1. The molecule has 4 rings (SSSR count). The minimum absolute atomic E-state index is 0.140. The number of hydrogen-bond donors (Lipinski definition) is 1. The number of nitrogens with zero attached hydrogens (tertiary/aromatic N) is 2. The van der Waals surface area contributed by atoms with E-state index in [1.54, 1.807) is 31.4 Å². The Kier molecular flexibility index (Phi) is 7.34. The molecule has 0 aromatic heterocycles. The number of benzene rings is 3. The predicted molar refractivity (Wildman–Crippen MR) is 131 cm³/mol. The van der Waals surface area contributed by atoms with Gasteiger partial charge in [-0.3, -0.25) is 4.79 Å². The molecular weight excluding hydrogens is 466 g/mol. The van der Waals surface area contributed by atoms with E-state index < -0.39 is 10.0 Å². The molecule has 0 saturated carbocycles. The van der Waals surface area contributed by atoms with Gasteiger partial charge in [-0.15, -0.1) is 0 Å². The van der Waals surface area contributed by atoms with Crippen LogP contribution in [0.1, 0.15) is 18.4 Å². The number of nitrogens with one attached hydrogen (secondary N) is 1. The highest BCUT2D eigenvalue weighted by molar-refractivity contribution is 7.89. The van der Waals surface area contributed by atoms with Crippen LogP contribution in [0.15, 0.2) is 77.7 Å². The molecule has 3 aromatic rings. The Morgan fingerprint density at radius 2 is 1.60 bits per heavy atom. The summed E-state index contributed by atoms with van der Waals surface area (Å²) in [6, 6.07) is 22.2. The number of piperidine rings is 1. The van der Waals surface area contributed by atoms with Gasteiger partial charge in [-0.25, -0.2) is 8.42 Å². The van der Waals surface area contributed by atoms with Gasteiger partial charge < -0.3 is 14.8 Å². The number of carbonyl (C=O) groups is 1. The third-order valence-electron chi connectivity index (χ3n) is 5.86. The topological polar surface area (TPSA) is 109 Å². The number of anilines is 1. The van der Waals surface area contributed by atoms with Gasteiger partial charge >= 0.3 is 0 Å². The van der Waals surface area contributed by atoms with E-state index in [0.29, 0.717) is 41.3 Å². The Balaban J connectivity index is 1.32. The number of sulfonamides is 1. The second-order valence-electron chi connectivity index (χ2n) is 8.08. The fourth-order valence-corrected chi connectivity index (χ4v) is 5.36. The second kappa shape index (κ2) is 10.6. The number of hydrogen-bond acceptors (Lipinski definition) is 6. The zero-order valence-electron chi connectivity index (χ0n) is 19.2. The fourth-order valence-electron chi connectivity index (χ4n) is 3.89. The first-order valence-electron chi connectivity index (χ1n) is 11.1.